The van der Waals surface area contributed by atoms with Gasteiger partial charge in [0.15, 0.2) is 0 Å². The summed E-state index contributed by atoms with van der Waals surface area (Å²) in [6.45, 7) is 1.35. The lowest BCUT2D eigenvalue weighted by molar-refractivity contribution is -0.141. The SMILES string of the molecule is CNC1CCN(c2cnn(CC(=O)OC)c(=O)c2Cl)C1. The van der Waals surface area contributed by atoms with Crippen LogP contribution in [0, 0.1) is 0 Å². The summed E-state index contributed by atoms with van der Waals surface area (Å²) >= 11 is 6.11. The first-order valence-corrected chi connectivity index (χ1v) is 6.69. The summed E-state index contributed by atoms with van der Waals surface area (Å²) < 4.78 is 5.51. The maximum atomic E-state index is 12.1. The predicted octanol–water partition coefficient (Wildman–Crippen LogP) is -0.132. The van der Waals surface area contributed by atoms with Gasteiger partial charge in [-0.05, 0) is 13.5 Å². The van der Waals surface area contributed by atoms with E-state index >= 15 is 0 Å². The fourth-order valence-corrected chi connectivity index (χ4v) is 2.46. The standard InChI is InChI=1S/C12H17ClN4O3/c1-14-8-3-4-16(6-8)9-5-15-17(7-10(18)20-2)12(19)11(9)13/h5,8,14H,3-4,6-7H2,1-2H3. The van der Waals surface area contributed by atoms with Gasteiger partial charge in [0, 0.05) is 19.1 Å². The van der Waals surface area contributed by atoms with Crippen LogP contribution in [0.15, 0.2) is 11.0 Å². The van der Waals surface area contributed by atoms with Gasteiger partial charge in [0.1, 0.15) is 11.6 Å². The summed E-state index contributed by atoms with van der Waals surface area (Å²) in [6, 6.07) is 0.378. The molecule has 1 aliphatic heterocycles. The van der Waals surface area contributed by atoms with Crippen molar-refractivity contribution in [2.45, 2.75) is 19.0 Å². The number of rotatable bonds is 4. The van der Waals surface area contributed by atoms with Gasteiger partial charge in [-0.2, -0.15) is 5.10 Å². The summed E-state index contributed by atoms with van der Waals surface area (Å²) in [5.41, 5.74) is 0.123. The second kappa shape index (κ2) is 6.23. The molecule has 0 amide bonds. The van der Waals surface area contributed by atoms with Crippen molar-refractivity contribution in [3.05, 3.63) is 21.6 Å². The van der Waals surface area contributed by atoms with E-state index < -0.39 is 11.5 Å². The first-order valence-electron chi connectivity index (χ1n) is 6.31. The van der Waals surface area contributed by atoms with Gasteiger partial charge in [-0.25, -0.2) is 4.68 Å². The molecule has 1 N–H and O–H groups in total. The van der Waals surface area contributed by atoms with Crippen molar-refractivity contribution in [2.75, 3.05) is 32.1 Å². The average molecular weight is 301 g/mol. The average Bonchev–Trinajstić information content (AvgIpc) is 2.92. The number of likely N-dealkylation sites (N-methyl/N-ethyl adjacent to an activating group) is 1. The number of esters is 1. The Morgan fingerprint density at radius 3 is 3.00 bits per heavy atom. The molecular weight excluding hydrogens is 284 g/mol. The van der Waals surface area contributed by atoms with Crippen molar-refractivity contribution in [1.29, 1.82) is 0 Å². The highest BCUT2D eigenvalue weighted by Crippen LogP contribution is 2.24. The minimum absolute atomic E-state index is 0.0839. The third-order valence-electron chi connectivity index (χ3n) is 3.41. The summed E-state index contributed by atoms with van der Waals surface area (Å²) in [4.78, 5) is 25.3. The molecule has 20 heavy (non-hydrogen) atoms. The molecule has 1 unspecified atom stereocenters. The van der Waals surface area contributed by atoms with Crippen LogP contribution in [0.3, 0.4) is 0 Å². The summed E-state index contributed by atoms with van der Waals surface area (Å²) in [6.07, 6.45) is 2.50. The number of halogens is 1. The predicted molar refractivity (Wildman–Crippen MR) is 75.2 cm³/mol. The molecule has 0 saturated carbocycles. The van der Waals surface area contributed by atoms with Gasteiger partial charge < -0.3 is 15.0 Å². The number of methoxy groups -OCH3 is 1. The third kappa shape index (κ3) is 2.94. The van der Waals surface area contributed by atoms with Gasteiger partial charge >= 0.3 is 5.97 Å². The van der Waals surface area contributed by atoms with E-state index in [4.69, 9.17) is 11.6 Å². The van der Waals surface area contributed by atoms with E-state index in [1.165, 1.54) is 13.3 Å². The number of ether oxygens (including phenoxy) is 1. The van der Waals surface area contributed by atoms with Crippen LogP contribution in [-0.4, -0.2) is 49.0 Å². The number of hydrogen-bond acceptors (Lipinski definition) is 6. The number of aromatic nitrogens is 2. The lowest BCUT2D eigenvalue weighted by Gasteiger charge is -2.19. The molecule has 1 atom stereocenters. The number of carbonyl (C=O) groups is 1. The van der Waals surface area contributed by atoms with E-state index in [9.17, 15) is 9.59 Å². The minimum atomic E-state index is -0.542. The molecule has 7 nitrogen and oxygen atoms in total. The Balaban J connectivity index is 2.23. The molecule has 0 bridgehead atoms. The molecule has 0 radical (unpaired) electrons. The van der Waals surface area contributed by atoms with Crippen LogP contribution < -0.4 is 15.8 Å². The second-order valence-electron chi connectivity index (χ2n) is 4.60. The van der Waals surface area contributed by atoms with Crippen molar-refractivity contribution < 1.29 is 9.53 Å². The Labute approximate surface area is 121 Å². The van der Waals surface area contributed by atoms with Crippen molar-refractivity contribution in [2.24, 2.45) is 0 Å². The second-order valence-corrected chi connectivity index (χ2v) is 4.98. The summed E-state index contributed by atoms with van der Waals surface area (Å²) in [5, 5.41) is 7.26. The van der Waals surface area contributed by atoms with E-state index in [0.29, 0.717) is 11.7 Å². The van der Waals surface area contributed by atoms with Crippen molar-refractivity contribution in [1.82, 2.24) is 15.1 Å². The monoisotopic (exact) mass is 300 g/mol. The van der Waals surface area contributed by atoms with Gasteiger partial charge in [0.2, 0.25) is 0 Å². The molecular formula is C12H17ClN4O3. The van der Waals surface area contributed by atoms with Crippen molar-refractivity contribution >= 4 is 23.3 Å². The highest BCUT2D eigenvalue weighted by atomic mass is 35.5. The van der Waals surface area contributed by atoms with E-state index in [0.717, 1.165) is 24.2 Å². The molecule has 0 aromatic carbocycles. The van der Waals surface area contributed by atoms with E-state index in [1.807, 2.05) is 11.9 Å². The highest BCUT2D eigenvalue weighted by Gasteiger charge is 2.24. The van der Waals surface area contributed by atoms with Gasteiger partial charge in [-0.15, -0.1) is 0 Å². The van der Waals surface area contributed by atoms with Crippen LogP contribution in [0.4, 0.5) is 5.69 Å². The first kappa shape index (κ1) is 14.8. The molecule has 0 aliphatic carbocycles. The number of anilines is 1. The Hall–Kier alpha value is -1.60. The molecule has 110 valence electrons. The molecule has 1 saturated heterocycles. The molecule has 2 rings (SSSR count). The topological polar surface area (TPSA) is 76.5 Å². The molecule has 2 heterocycles. The maximum Gasteiger partial charge on any atom is 0.327 e. The Bertz CT molecular complexity index is 560. The third-order valence-corrected chi connectivity index (χ3v) is 3.77. The quantitative estimate of drug-likeness (QED) is 0.781. The zero-order valence-electron chi connectivity index (χ0n) is 11.4. The van der Waals surface area contributed by atoms with Gasteiger partial charge in [-0.1, -0.05) is 11.6 Å². The fourth-order valence-electron chi connectivity index (χ4n) is 2.19. The van der Waals surface area contributed by atoms with Crippen molar-refractivity contribution in [3.63, 3.8) is 0 Å². The molecule has 1 aromatic heterocycles. The smallest absolute Gasteiger partial charge is 0.327 e. The Morgan fingerprint density at radius 1 is 1.65 bits per heavy atom. The zero-order chi connectivity index (χ0) is 14.7. The largest absolute Gasteiger partial charge is 0.468 e. The molecule has 1 aromatic rings. The first-order chi connectivity index (χ1) is 9.56. The molecule has 1 fully saturated rings. The summed E-state index contributed by atoms with van der Waals surface area (Å²) in [7, 11) is 3.16. The maximum absolute atomic E-state index is 12.1. The van der Waals surface area contributed by atoms with E-state index in [-0.39, 0.29) is 11.6 Å². The van der Waals surface area contributed by atoms with Crippen LogP contribution in [0.1, 0.15) is 6.42 Å². The number of hydrogen-bond donors (Lipinski definition) is 1. The molecule has 1 aliphatic rings. The minimum Gasteiger partial charge on any atom is -0.468 e. The van der Waals surface area contributed by atoms with Crippen LogP contribution in [0.25, 0.3) is 0 Å². The molecule has 0 spiro atoms. The Kier molecular flexibility index (Phi) is 4.61. The van der Waals surface area contributed by atoms with E-state index in [2.05, 4.69) is 15.2 Å². The molecule has 8 heteroatoms. The lowest BCUT2D eigenvalue weighted by atomic mass is 10.3. The Morgan fingerprint density at radius 2 is 2.40 bits per heavy atom. The number of carbonyl (C=O) groups excluding carboxylic acids is 1. The fraction of sp³-hybridized carbons (Fsp3) is 0.583. The van der Waals surface area contributed by atoms with Gasteiger partial charge in [0.25, 0.3) is 5.56 Å². The van der Waals surface area contributed by atoms with Crippen LogP contribution in [0.2, 0.25) is 5.02 Å². The van der Waals surface area contributed by atoms with Crippen molar-refractivity contribution in [3.8, 4) is 0 Å². The van der Waals surface area contributed by atoms with Crippen LogP contribution >= 0.6 is 11.6 Å². The van der Waals surface area contributed by atoms with Crippen LogP contribution in [0.5, 0.6) is 0 Å². The lowest BCUT2D eigenvalue weighted by Crippen LogP contribution is -2.32. The van der Waals surface area contributed by atoms with Gasteiger partial charge in [-0.3, -0.25) is 9.59 Å². The van der Waals surface area contributed by atoms with Gasteiger partial charge in [0.05, 0.1) is 19.0 Å². The van der Waals surface area contributed by atoms with Crippen LogP contribution in [-0.2, 0) is 16.1 Å². The summed E-state index contributed by atoms with van der Waals surface area (Å²) in [5.74, 6) is -0.542. The normalized spacial score (nSPS) is 18.4. The zero-order valence-corrected chi connectivity index (χ0v) is 12.2. The number of nitrogens with one attached hydrogen (secondary N) is 1. The number of nitrogens with zero attached hydrogens (tertiary/aromatic N) is 3. The van der Waals surface area contributed by atoms with E-state index in [1.54, 1.807) is 0 Å². The highest BCUT2D eigenvalue weighted by molar-refractivity contribution is 6.33.